The lowest BCUT2D eigenvalue weighted by atomic mass is 10.1. The summed E-state index contributed by atoms with van der Waals surface area (Å²) in [7, 11) is 0. The molecule has 0 amide bonds. The standard InChI is InChI=1S/C15H11NO2/c17-12-6-7-13-11(8-12)9-14(16-13)15(18)10-4-2-1-3-5-10/h1-9,16-17H. The van der Waals surface area contributed by atoms with Crippen LogP contribution in [0, 0.1) is 0 Å². The van der Waals surface area contributed by atoms with Gasteiger partial charge in [-0.05, 0) is 24.3 Å². The molecule has 2 N–H and O–H groups in total. The van der Waals surface area contributed by atoms with Gasteiger partial charge in [0.05, 0.1) is 5.69 Å². The van der Waals surface area contributed by atoms with Gasteiger partial charge in [0.1, 0.15) is 5.75 Å². The quantitative estimate of drug-likeness (QED) is 0.673. The van der Waals surface area contributed by atoms with Crippen LogP contribution in [0.5, 0.6) is 5.75 Å². The van der Waals surface area contributed by atoms with Crippen molar-refractivity contribution in [2.24, 2.45) is 0 Å². The monoisotopic (exact) mass is 237 g/mol. The second kappa shape index (κ2) is 4.04. The van der Waals surface area contributed by atoms with Gasteiger partial charge in [0, 0.05) is 16.5 Å². The summed E-state index contributed by atoms with van der Waals surface area (Å²) in [5.74, 6) is 0.145. The number of aromatic nitrogens is 1. The van der Waals surface area contributed by atoms with Crippen LogP contribution in [0.15, 0.2) is 54.6 Å². The fourth-order valence-electron chi connectivity index (χ4n) is 1.99. The molecule has 88 valence electrons. The third-order valence-electron chi connectivity index (χ3n) is 2.88. The van der Waals surface area contributed by atoms with E-state index in [0.29, 0.717) is 11.3 Å². The van der Waals surface area contributed by atoms with E-state index in [1.54, 1.807) is 36.4 Å². The maximum atomic E-state index is 12.2. The number of aromatic hydroxyl groups is 1. The van der Waals surface area contributed by atoms with E-state index < -0.39 is 0 Å². The lowest BCUT2D eigenvalue weighted by Crippen LogP contribution is -2.00. The number of nitrogens with one attached hydrogen (secondary N) is 1. The normalized spacial score (nSPS) is 10.7. The molecule has 1 aromatic heterocycles. The van der Waals surface area contributed by atoms with Crippen LogP contribution >= 0.6 is 0 Å². The third-order valence-corrected chi connectivity index (χ3v) is 2.88. The molecule has 0 saturated heterocycles. The van der Waals surface area contributed by atoms with Crippen LogP contribution in [0.3, 0.4) is 0 Å². The number of ketones is 1. The highest BCUT2D eigenvalue weighted by atomic mass is 16.3. The maximum absolute atomic E-state index is 12.2. The molecule has 0 spiro atoms. The van der Waals surface area contributed by atoms with E-state index in [-0.39, 0.29) is 11.5 Å². The lowest BCUT2D eigenvalue weighted by molar-refractivity contribution is 0.103. The first-order chi connectivity index (χ1) is 8.74. The zero-order chi connectivity index (χ0) is 12.5. The van der Waals surface area contributed by atoms with Crippen molar-refractivity contribution in [2.75, 3.05) is 0 Å². The van der Waals surface area contributed by atoms with Gasteiger partial charge < -0.3 is 10.1 Å². The Kier molecular flexibility index (Phi) is 2.38. The summed E-state index contributed by atoms with van der Waals surface area (Å²) in [5, 5.41) is 10.2. The molecule has 3 heteroatoms. The second-order valence-corrected chi connectivity index (χ2v) is 4.15. The van der Waals surface area contributed by atoms with Crippen LogP contribution in [0.1, 0.15) is 16.1 Å². The highest BCUT2D eigenvalue weighted by Crippen LogP contribution is 2.21. The summed E-state index contributed by atoms with van der Waals surface area (Å²) in [4.78, 5) is 15.3. The Morgan fingerprint density at radius 1 is 1.00 bits per heavy atom. The zero-order valence-corrected chi connectivity index (χ0v) is 9.55. The molecule has 3 nitrogen and oxygen atoms in total. The van der Waals surface area contributed by atoms with Gasteiger partial charge in [-0.3, -0.25) is 4.79 Å². The summed E-state index contributed by atoms with van der Waals surface area (Å²) < 4.78 is 0. The minimum Gasteiger partial charge on any atom is -0.508 e. The second-order valence-electron chi connectivity index (χ2n) is 4.15. The Labute approximate surface area is 104 Å². The number of fused-ring (bicyclic) bond motifs is 1. The summed E-state index contributed by atoms with van der Waals surface area (Å²) in [6.45, 7) is 0. The van der Waals surface area contributed by atoms with Crippen molar-refractivity contribution >= 4 is 16.7 Å². The van der Waals surface area contributed by atoms with Gasteiger partial charge in [-0.2, -0.15) is 0 Å². The number of carbonyl (C=O) groups is 1. The molecule has 18 heavy (non-hydrogen) atoms. The van der Waals surface area contributed by atoms with E-state index in [9.17, 15) is 9.90 Å². The molecule has 2 aromatic carbocycles. The molecule has 0 aliphatic heterocycles. The lowest BCUT2D eigenvalue weighted by Gasteiger charge is -1.96. The fourth-order valence-corrected chi connectivity index (χ4v) is 1.99. The summed E-state index contributed by atoms with van der Waals surface area (Å²) in [6, 6.07) is 15.8. The Hall–Kier alpha value is -2.55. The molecule has 0 aliphatic rings. The van der Waals surface area contributed by atoms with Gasteiger partial charge in [0.2, 0.25) is 5.78 Å². The number of phenolic OH excluding ortho intramolecular Hbond substituents is 1. The van der Waals surface area contributed by atoms with Crippen LogP contribution in [0.2, 0.25) is 0 Å². The number of aromatic amines is 1. The van der Waals surface area contributed by atoms with Crippen LogP contribution in [-0.4, -0.2) is 15.9 Å². The number of phenols is 1. The largest absolute Gasteiger partial charge is 0.508 e. The van der Waals surface area contributed by atoms with Crippen molar-refractivity contribution < 1.29 is 9.90 Å². The molecule has 0 unspecified atom stereocenters. The van der Waals surface area contributed by atoms with Crippen molar-refractivity contribution in [3.8, 4) is 5.75 Å². The van der Waals surface area contributed by atoms with Gasteiger partial charge in [-0.25, -0.2) is 0 Å². The molecular weight excluding hydrogens is 226 g/mol. The Morgan fingerprint density at radius 2 is 1.78 bits per heavy atom. The maximum Gasteiger partial charge on any atom is 0.209 e. The highest BCUT2D eigenvalue weighted by molar-refractivity contribution is 6.10. The SMILES string of the molecule is O=C(c1ccccc1)c1cc2cc(O)ccc2[nH]1. The molecule has 0 saturated carbocycles. The van der Waals surface area contributed by atoms with Crippen molar-refractivity contribution in [3.63, 3.8) is 0 Å². The van der Waals surface area contributed by atoms with Crippen molar-refractivity contribution in [1.29, 1.82) is 0 Å². The predicted molar refractivity (Wildman–Crippen MR) is 69.8 cm³/mol. The summed E-state index contributed by atoms with van der Waals surface area (Å²) in [6.07, 6.45) is 0. The predicted octanol–water partition coefficient (Wildman–Crippen LogP) is 3.10. The van der Waals surface area contributed by atoms with E-state index in [1.807, 2.05) is 18.2 Å². The number of H-pyrrole nitrogens is 1. The molecule has 1 heterocycles. The number of carbonyl (C=O) groups excluding carboxylic acids is 1. The van der Waals surface area contributed by atoms with Crippen molar-refractivity contribution in [3.05, 3.63) is 65.9 Å². The highest BCUT2D eigenvalue weighted by Gasteiger charge is 2.11. The van der Waals surface area contributed by atoms with Crippen LogP contribution in [0.25, 0.3) is 10.9 Å². The minimum absolute atomic E-state index is 0.0497. The first-order valence-electron chi connectivity index (χ1n) is 5.65. The number of rotatable bonds is 2. The van der Waals surface area contributed by atoms with Crippen LogP contribution in [-0.2, 0) is 0 Å². The fraction of sp³-hybridized carbons (Fsp3) is 0. The van der Waals surface area contributed by atoms with Gasteiger partial charge in [0.15, 0.2) is 0 Å². The van der Waals surface area contributed by atoms with Crippen LogP contribution < -0.4 is 0 Å². The Bertz CT molecular complexity index is 714. The number of hydrogen-bond acceptors (Lipinski definition) is 2. The molecule has 3 rings (SSSR count). The van der Waals surface area contributed by atoms with E-state index in [4.69, 9.17) is 0 Å². The average Bonchev–Trinajstić information content (AvgIpc) is 2.81. The number of benzene rings is 2. The van der Waals surface area contributed by atoms with E-state index in [0.717, 1.165) is 10.9 Å². The summed E-state index contributed by atoms with van der Waals surface area (Å²) >= 11 is 0. The topological polar surface area (TPSA) is 53.1 Å². The third kappa shape index (κ3) is 1.76. The van der Waals surface area contributed by atoms with Gasteiger partial charge >= 0.3 is 0 Å². The van der Waals surface area contributed by atoms with Crippen LogP contribution in [0.4, 0.5) is 0 Å². The van der Waals surface area contributed by atoms with E-state index in [2.05, 4.69) is 4.98 Å². The first-order valence-corrected chi connectivity index (χ1v) is 5.65. The van der Waals surface area contributed by atoms with E-state index >= 15 is 0 Å². The zero-order valence-electron chi connectivity index (χ0n) is 9.55. The average molecular weight is 237 g/mol. The Morgan fingerprint density at radius 3 is 2.56 bits per heavy atom. The molecule has 3 aromatic rings. The van der Waals surface area contributed by atoms with Crippen molar-refractivity contribution in [2.45, 2.75) is 0 Å². The molecule has 0 radical (unpaired) electrons. The molecule has 0 bridgehead atoms. The Balaban J connectivity index is 2.07. The van der Waals surface area contributed by atoms with Gasteiger partial charge in [-0.1, -0.05) is 30.3 Å². The first kappa shape index (κ1) is 10.6. The summed E-state index contributed by atoms with van der Waals surface area (Å²) in [5.41, 5.74) is 2.02. The molecule has 0 atom stereocenters. The van der Waals surface area contributed by atoms with Crippen molar-refractivity contribution in [1.82, 2.24) is 4.98 Å². The molecular formula is C15H11NO2. The van der Waals surface area contributed by atoms with E-state index in [1.165, 1.54) is 0 Å². The van der Waals surface area contributed by atoms with Gasteiger partial charge in [-0.15, -0.1) is 0 Å². The molecule has 0 aliphatic carbocycles. The smallest absolute Gasteiger partial charge is 0.209 e. The minimum atomic E-state index is -0.0497. The van der Waals surface area contributed by atoms with Gasteiger partial charge in [0.25, 0.3) is 0 Å². The number of hydrogen-bond donors (Lipinski definition) is 2. The molecule has 0 fully saturated rings.